The summed E-state index contributed by atoms with van der Waals surface area (Å²) in [7, 11) is 0. The monoisotopic (exact) mass is 169 g/mol. The highest BCUT2D eigenvalue weighted by Gasteiger charge is 2.29. The highest BCUT2D eigenvalue weighted by atomic mass is 19.1. The molecule has 1 aliphatic heterocycles. The Morgan fingerprint density at radius 1 is 1.50 bits per heavy atom. The van der Waals surface area contributed by atoms with Crippen molar-refractivity contribution in [1.29, 1.82) is 0 Å². The van der Waals surface area contributed by atoms with Crippen LogP contribution in [-0.4, -0.2) is 6.63 Å². The number of rotatable bonds is 0. The normalized spacial score (nSPS) is 27.2. The lowest BCUT2D eigenvalue weighted by Gasteiger charge is -2.21. The second kappa shape index (κ2) is 2.30. The third-order valence-electron chi connectivity index (χ3n) is 2.21. The van der Waals surface area contributed by atoms with Gasteiger partial charge in [0.2, 0.25) is 0 Å². The van der Waals surface area contributed by atoms with E-state index in [1.54, 1.807) is 0 Å². The number of fused-ring (bicyclic) bond motifs is 1. The summed E-state index contributed by atoms with van der Waals surface area (Å²) in [4.78, 5) is 0. The van der Waals surface area contributed by atoms with E-state index in [1.807, 2.05) is 0 Å². The average Bonchev–Trinajstić information content (AvgIpc) is 2.27. The minimum atomic E-state index is -2.38. The van der Waals surface area contributed by atoms with Crippen molar-refractivity contribution in [2.45, 2.75) is 13.4 Å². The first-order valence-corrected chi connectivity index (χ1v) is 3.89. The highest BCUT2D eigenvalue weighted by molar-refractivity contribution is 6.80. The van der Waals surface area contributed by atoms with Crippen LogP contribution in [0.25, 0.3) is 0 Å². The van der Waals surface area contributed by atoms with Crippen LogP contribution in [0.1, 0.15) is 5.56 Å². The van der Waals surface area contributed by atoms with Crippen LogP contribution < -0.4 is 5.46 Å². The van der Waals surface area contributed by atoms with E-state index >= 15 is 0 Å². The lowest BCUT2D eigenvalue weighted by molar-refractivity contribution is 0.285. The Kier molecular flexibility index (Phi) is 1.48. The van der Waals surface area contributed by atoms with Gasteiger partial charge in [-0.1, -0.05) is 11.6 Å². The number of halogens is 2. The van der Waals surface area contributed by atoms with Crippen LogP contribution in [-0.2, 0) is 11.3 Å². The SMILES string of the molecule is C[B-]1(F)OCc2cc(F)ccc21. The van der Waals surface area contributed by atoms with Gasteiger partial charge in [-0.2, -0.15) is 0 Å². The van der Waals surface area contributed by atoms with Gasteiger partial charge in [-0.15, -0.1) is 12.3 Å². The van der Waals surface area contributed by atoms with Gasteiger partial charge in [-0.3, -0.25) is 0 Å². The van der Waals surface area contributed by atoms with E-state index in [2.05, 4.69) is 0 Å². The van der Waals surface area contributed by atoms with Crippen LogP contribution in [0.3, 0.4) is 0 Å². The van der Waals surface area contributed by atoms with Crippen molar-refractivity contribution in [3.8, 4) is 0 Å². The topological polar surface area (TPSA) is 9.23 Å². The number of hydrogen-bond donors (Lipinski definition) is 0. The molecular formula is C8H8BF2O-. The molecule has 2 rings (SSSR count). The van der Waals surface area contributed by atoms with Crippen molar-refractivity contribution >= 4 is 12.1 Å². The zero-order valence-electron chi connectivity index (χ0n) is 6.68. The molecule has 1 unspecified atom stereocenters. The third kappa shape index (κ3) is 1.03. The van der Waals surface area contributed by atoms with Crippen LogP contribution in [0.5, 0.6) is 0 Å². The van der Waals surface area contributed by atoms with Crippen LogP contribution in [0.4, 0.5) is 8.71 Å². The summed E-state index contributed by atoms with van der Waals surface area (Å²) < 4.78 is 31.0. The van der Waals surface area contributed by atoms with Gasteiger partial charge in [-0.05, 0) is 12.1 Å². The van der Waals surface area contributed by atoms with E-state index in [0.29, 0.717) is 11.0 Å². The summed E-state index contributed by atoms with van der Waals surface area (Å²) in [5.41, 5.74) is 1.12. The van der Waals surface area contributed by atoms with Gasteiger partial charge in [-0.25, -0.2) is 4.39 Å². The first-order valence-electron chi connectivity index (χ1n) is 3.89. The standard InChI is InChI=1S/C8H8BF2O/c1-9(11)8-3-2-7(10)4-6(8)5-12-9/h2-4H,5H2,1H3/q-1. The predicted octanol–water partition coefficient (Wildman–Crippen LogP) is 1.60. The molecule has 64 valence electrons. The molecule has 0 fully saturated rings. The summed E-state index contributed by atoms with van der Waals surface area (Å²) in [6.07, 6.45) is 0. The molecule has 12 heavy (non-hydrogen) atoms. The third-order valence-corrected chi connectivity index (χ3v) is 2.21. The predicted molar refractivity (Wildman–Crippen MR) is 43.5 cm³/mol. The lowest BCUT2D eigenvalue weighted by atomic mass is 9.58. The molecule has 0 spiro atoms. The molecular weight excluding hydrogens is 161 g/mol. The fourth-order valence-electron chi connectivity index (χ4n) is 1.54. The van der Waals surface area contributed by atoms with Gasteiger partial charge in [0.05, 0.1) is 0 Å². The van der Waals surface area contributed by atoms with E-state index in [-0.39, 0.29) is 12.4 Å². The molecule has 0 amide bonds. The maximum absolute atomic E-state index is 13.5. The number of benzene rings is 1. The smallest absolute Gasteiger partial charge is 0.300 e. The molecule has 1 heterocycles. The Bertz CT molecular complexity index is 325. The Balaban J connectivity index is 2.55. The summed E-state index contributed by atoms with van der Waals surface area (Å²) in [6.45, 7) is -0.805. The zero-order chi connectivity index (χ0) is 8.77. The van der Waals surface area contributed by atoms with Crippen molar-refractivity contribution < 1.29 is 13.4 Å². The van der Waals surface area contributed by atoms with Crippen molar-refractivity contribution in [3.63, 3.8) is 0 Å². The Labute approximate surface area is 69.3 Å². The zero-order valence-corrected chi connectivity index (χ0v) is 6.68. The molecule has 0 saturated carbocycles. The fraction of sp³-hybridized carbons (Fsp3) is 0.250. The molecule has 0 aromatic heterocycles. The highest BCUT2D eigenvalue weighted by Crippen LogP contribution is 2.20. The van der Waals surface area contributed by atoms with Gasteiger partial charge < -0.3 is 8.97 Å². The summed E-state index contributed by atoms with van der Waals surface area (Å²) in [6, 6.07) is 4.03. The van der Waals surface area contributed by atoms with Crippen molar-refractivity contribution in [3.05, 3.63) is 29.6 Å². The van der Waals surface area contributed by atoms with Crippen LogP contribution in [0, 0.1) is 5.82 Å². The minimum absolute atomic E-state index is 0.181. The van der Waals surface area contributed by atoms with Gasteiger partial charge in [0.25, 0.3) is 6.63 Å². The second-order valence-corrected chi connectivity index (χ2v) is 3.21. The van der Waals surface area contributed by atoms with Crippen molar-refractivity contribution in [2.24, 2.45) is 0 Å². The molecule has 0 saturated heterocycles. The van der Waals surface area contributed by atoms with Crippen LogP contribution >= 0.6 is 0 Å². The molecule has 0 N–H and O–H groups in total. The Morgan fingerprint density at radius 2 is 2.25 bits per heavy atom. The molecule has 0 aliphatic carbocycles. The maximum atomic E-state index is 13.5. The van der Waals surface area contributed by atoms with Crippen molar-refractivity contribution in [2.75, 3.05) is 0 Å². The van der Waals surface area contributed by atoms with E-state index in [1.165, 1.54) is 25.0 Å². The minimum Gasteiger partial charge on any atom is -0.558 e. The van der Waals surface area contributed by atoms with E-state index in [9.17, 15) is 8.71 Å². The van der Waals surface area contributed by atoms with E-state index in [0.717, 1.165) is 0 Å². The first kappa shape index (κ1) is 7.74. The van der Waals surface area contributed by atoms with Gasteiger partial charge in [0.15, 0.2) is 0 Å². The van der Waals surface area contributed by atoms with Crippen LogP contribution in [0.2, 0.25) is 6.82 Å². The Morgan fingerprint density at radius 3 is 3.00 bits per heavy atom. The summed E-state index contributed by atoms with van der Waals surface area (Å²) >= 11 is 0. The van der Waals surface area contributed by atoms with E-state index < -0.39 is 6.63 Å². The molecule has 1 aromatic carbocycles. The maximum Gasteiger partial charge on any atom is 0.300 e. The summed E-state index contributed by atoms with van der Waals surface area (Å²) in [5, 5.41) is 0. The fourth-order valence-corrected chi connectivity index (χ4v) is 1.54. The molecule has 1 atom stereocenters. The second-order valence-electron chi connectivity index (χ2n) is 3.21. The Hall–Kier alpha value is -0.895. The number of hydrogen-bond acceptors (Lipinski definition) is 1. The van der Waals surface area contributed by atoms with Crippen molar-refractivity contribution in [1.82, 2.24) is 0 Å². The quantitative estimate of drug-likeness (QED) is 0.536. The molecule has 0 radical (unpaired) electrons. The largest absolute Gasteiger partial charge is 0.558 e. The molecule has 4 heteroatoms. The summed E-state index contributed by atoms with van der Waals surface area (Å²) in [5.74, 6) is -0.342. The van der Waals surface area contributed by atoms with Crippen LogP contribution in [0.15, 0.2) is 18.2 Å². The van der Waals surface area contributed by atoms with E-state index in [4.69, 9.17) is 4.65 Å². The van der Waals surface area contributed by atoms with Gasteiger partial charge in [0.1, 0.15) is 5.82 Å². The first-order chi connectivity index (χ1) is 5.59. The molecule has 1 aliphatic rings. The van der Waals surface area contributed by atoms with Gasteiger partial charge >= 0.3 is 0 Å². The van der Waals surface area contributed by atoms with Gasteiger partial charge in [0, 0.05) is 6.61 Å². The lowest BCUT2D eigenvalue weighted by Crippen LogP contribution is -2.38. The molecule has 1 aromatic rings. The average molecular weight is 169 g/mol. The molecule has 0 bridgehead atoms. The molecule has 1 nitrogen and oxygen atoms in total.